The van der Waals surface area contributed by atoms with E-state index < -0.39 is 18.6 Å². The summed E-state index contributed by atoms with van der Waals surface area (Å²) in [4.78, 5) is 0. The van der Waals surface area contributed by atoms with E-state index >= 15 is 0 Å². The molecule has 1 atom stereocenters. The molecule has 0 aliphatic heterocycles. The van der Waals surface area contributed by atoms with Crippen LogP contribution in [0.15, 0.2) is 24.3 Å². The minimum atomic E-state index is -4.15. The van der Waals surface area contributed by atoms with Gasteiger partial charge in [-0.25, -0.2) is 4.39 Å². The minimum absolute atomic E-state index is 0.00834. The molecule has 0 heterocycles. The van der Waals surface area contributed by atoms with Crippen LogP contribution in [0.5, 0.6) is 0 Å². The number of halogens is 4. The van der Waals surface area contributed by atoms with E-state index in [1.165, 1.54) is 24.3 Å². The van der Waals surface area contributed by atoms with Crippen LogP contribution < -0.4 is 5.73 Å². The summed E-state index contributed by atoms with van der Waals surface area (Å²) in [6.45, 7) is 0.123. The Kier molecular flexibility index (Phi) is 5.55. The van der Waals surface area contributed by atoms with Gasteiger partial charge < -0.3 is 10.5 Å². The van der Waals surface area contributed by atoms with Gasteiger partial charge in [0.2, 0.25) is 0 Å². The van der Waals surface area contributed by atoms with E-state index in [9.17, 15) is 17.6 Å². The molecule has 0 aliphatic carbocycles. The first kappa shape index (κ1) is 14.9. The van der Waals surface area contributed by atoms with Gasteiger partial charge in [-0.1, -0.05) is 12.1 Å². The number of hydrogen-bond acceptors (Lipinski definition) is 2. The second-order valence-electron chi connectivity index (χ2n) is 3.95. The van der Waals surface area contributed by atoms with Crippen molar-refractivity contribution in [2.45, 2.75) is 25.1 Å². The second-order valence-corrected chi connectivity index (χ2v) is 3.95. The molecule has 0 saturated heterocycles. The number of nitrogens with two attached hydrogens (primary N) is 1. The summed E-state index contributed by atoms with van der Waals surface area (Å²) in [5.74, 6) is -0.364. The molecule has 1 rings (SSSR count). The first-order chi connectivity index (χ1) is 8.38. The molecule has 0 aliphatic rings. The molecule has 2 nitrogen and oxygen atoms in total. The van der Waals surface area contributed by atoms with Crippen molar-refractivity contribution in [2.24, 2.45) is 5.73 Å². The lowest BCUT2D eigenvalue weighted by molar-refractivity contribution is -0.137. The average Bonchev–Trinajstić information content (AvgIpc) is 2.27. The lowest BCUT2D eigenvalue weighted by Crippen LogP contribution is -2.18. The van der Waals surface area contributed by atoms with E-state index in [4.69, 9.17) is 10.5 Å². The molecular weight excluding hydrogens is 250 g/mol. The Balaban J connectivity index is 2.21. The van der Waals surface area contributed by atoms with Crippen molar-refractivity contribution >= 4 is 0 Å². The summed E-state index contributed by atoms with van der Waals surface area (Å²) in [6, 6.07) is 5.15. The molecule has 1 aromatic carbocycles. The SMILES string of the molecule is NC(COCCCC(F)(F)F)c1ccc(F)cc1. The van der Waals surface area contributed by atoms with Crippen LogP contribution in [0.25, 0.3) is 0 Å². The van der Waals surface area contributed by atoms with Crippen LogP contribution in [0.4, 0.5) is 17.6 Å². The molecule has 18 heavy (non-hydrogen) atoms. The first-order valence-corrected chi connectivity index (χ1v) is 5.54. The molecule has 1 aromatic rings. The van der Waals surface area contributed by atoms with Crippen LogP contribution in [-0.2, 0) is 4.74 Å². The Hall–Kier alpha value is -1.14. The van der Waals surface area contributed by atoms with Crippen LogP contribution in [0.2, 0.25) is 0 Å². The number of rotatable bonds is 6. The standard InChI is InChI=1S/C12H15F4NO/c13-10-4-2-9(3-5-10)11(17)8-18-7-1-6-12(14,15)16/h2-5,11H,1,6-8,17H2. The molecule has 0 radical (unpaired) electrons. The summed E-state index contributed by atoms with van der Waals surface area (Å²) in [5.41, 5.74) is 6.43. The summed E-state index contributed by atoms with van der Waals surface area (Å²) in [6.07, 6.45) is -5.10. The summed E-state index contributed by atoms with van der Waals surface area (Å²) >= 11 is 0. The Morgan fingerprint density at radius 1 is 1.17 bits per heavy atom. The third-order valence-electron chi connectivity index (χ3n) is 2.34. The van der Waals surface area contributed by atoms with Crippen LogP contribution in [0, 0.1) is 5.82 Å². The predicted molar refractivity (Wildman–Crippen MR) is 59.4 cm³/mol. The van der Waals surface area contributed by atoms with Gasteiger partial charge in [0.1, 0.15) is 5.82 Å². The van der Waals surface area contributed by atoms with E-state index in [0.717, 1.165) is 0 Å². The predicted octanol–water partition coefficient (Wildman–Crippen LogP) is 3.18. The Morgan fingerprint density at radius 3 is 2.33 bits per heavy atom. The highest BCUT2D eigenvalue weighted by Gasteiger charge is 2.25. The number of alkyl halides is 3. The quantitative estimate of drug-likeness (QED) is 0.633. The second kappa shape index (κ2) is 6.70. The molecule has 0 amide bonds. The minimum Gasteiger partial charge on any atom is -0.379 e. The van der Waals surface area contributed by atoms with E-state index in [1.54, 1.807) is 0 Å². The van der Waals surface area contributed by atoms with Crippen molar-refractivity contribution in [3.63, 3.8) is 0 Å². The van der Waals surface area contributed by atoms with Crippen molar-refractivity contribution in [3.05, 3.63) is 35.6 Å². The maximum absolute atomic E-state index is 12.6. The zero-order valence-corrected chi connectivity index (χ0v) is 9.71. The third kappa shape index (κ3) is 5.97. The lowest BCUT2D eigenvalue weighted by Gasteiger charge is -2.13. The number of benzene rings is 1. The largest absolute Gasteiger partial charge is 0.389 e. The van der Waals surface area contributed by atoms with Crippen LogP contribution in [0.1, 0.15) is 24.4 Å². The fourth-order valence-corrected chi connectivity index (χ4v) is 1.39. The normalized spacial score (nSPS) is 13.6. The lowest BCUT2D eigenvalue weighted by atomic mass is 10.1. The topological polar surface area (TPSA) is 35.2 Å². The van der Waals surface area contributed by atoms with Gasteiger partial charge in [-0.15, -0.1) is 0 Å². The van der Waals surface area contributed by atoms with Crippen molar-refractivity contribution < 1.29 is 22.3 Å². The van der Waals surface area contributed by atoms with Crippen LogP contribution >= 0.6 is 0 Å². The molecule has 0 saturated carbocycles. The highest BCUT2D eigenvalue weighted by molar-refractivity contribution is 5.19. The Labute approximate surface area is 103 Å². The molecule has 6 heteroatoms. The third-order valence-corrected chi connectivity index (χ3v) is 2.34. The molecular formula is C12H15F4NO. The van der Waals surface area contributed by atoms with Gasteiger partial charge in [0.15, 0.2) is 0 Å². The van der Waals surface area contributed by atoms with Gasteiger partial charge in [0, 0.05) is 13.0 Å². The number of ether oxygens (including phenoxy) is 1. The van der Waals surface area contributed by atoms with Gasteiger partial charge in [-0.05, 0) is 24.1 Å². The van der Waals surface area contributed by atoms with Crippen LogP contribution in [0.3, 0.4) is 0 Å². The Bertz CT molecular complexity index is 350. The highest BCUT2D eigenvalue weighted by atomic mass is 19.4. The van der Waals surface area contributed by atoms with Gasteiger partial charge in [-0.2, -0.15) is 13.2 Å². The fraction of sp³-hybridized carbons (Fsp3) is 0.500. The zero-order chi connectivity index (χ0) is 13.6. The van der Waals surface area contributed by atoms with E-state index in [2.05, 4.69) is 0 Å². The Morgan fingerprint density at radius 2 is 1.78 bits per heavy atom. The molecule has 2 N–H and O–H groups in total. The molecule has 0 spiro atoms. The zero-order valence-electron chi connectivity index (χ0n) is 9.71. The van der Waals surface area contributed by atoms with Crippen molar-refractivity contribution in [1.29, 1.82) is 0 Å². The number of hydrogen-bond donors (Lipinski definition) is 1. The van der Waals surface area contributed by atoms with Gasteiger partial charge in [-0.3, -0.25) is 0 Å². The summed E-state index contributed by atoms with van der Waals surface area (Å²) in [5, 5.41) is 0. The highest BCUT2D eigenvalue weighted by Crippen LogP contribution is 2.21. The van der Waals surface area contributed by atoms with E-state index in [-0.39, 0.29) is 25.5 Å². The van der Waals surface area contributed by atoms with Crippen molar-refractivity contribution in [3.8, 4) is 0 Å². The molecule has 1 unspecified atom stereocenters. The maximum Gasteiger partial charge on any atom is 0.389 e. The fourth-order valence-electron chi connectivity index (χ4n) is 1.39. The van der Waals surface area contributed by atoms with Gasteiger partial charge >= 0.3 is 6.18 Å². The van der Waals surface area contributed by atoms with Gasteiger partial charge in [0.05, 0.1) is 12.6 Å². The smallest absolute Gasteiger partial charge is 0.379 e. The average molecular weight is 265 g/mol. The first-order valence-electron chi connectivity index (χ1n) is 5.54. The molecule has 102 valence electrons. The van der Waals surface area contributed by atoms with Crippen molar-refractivity contribution in [2.75, 3.05) is 13.2 Å². The van der Waals surface area contributed by atoms with E-state index in [1.807, 2.05) is 0 Å². The summed E-state index contributed by atoms with van der Waals surface area (Å²) in [7, 11) is 0. The maximum atomic E-state index is 12.6. The molecule has 0 fully saturated rings. The van der Waals surface area contributed by atoms with Crippen LogP contribution in [-0.4, -0.2) is 19.4 Å². The molecule has 0 bridgehead atoms. The summed E-state index contributed by atoms with van der Waals surface area (Å²) < 4.78 is 53.2. The monoisotopic (exact) mass is 265 g/mol. The van der Waals surface area contributed by atoms with Crippen molar-refractivity contribution in [1.82, 2.24) is 0 Å². The van der Waals surface area contributed by atoms with Gasteiger partial charge in [0.25, 0.3) is 0 Å². The molecule has 0 aromatic heterocycles. The van der Waals surface area contributed by atoms with E-state index in [0.29, 0.717) is 5.56 Å².